The number of carbonyl (C=O) groups is 1. The number of aliphatic hydroxyl groups is 1. The second-order valence-electron chi connectivity index (χ2n) is 5.62. The summed E-state index contributed by atoms with van der Waals surface area (Å²) in [5, 5.41) is 13.7. The molecule has 0 aromatic rings. The summed E-state index contributed by atoms with van der Waals surface area (Å²) < 4.78 is 0. The Morgan fingerprint density at radius 2 is 2.00 bits per heavy atom. The number of nitrogens with zero attached hydrogens (tertiary/aromatic N) is 1. The Labute approximate surface area is 103 Å². The first kappa shape index (κ1) is 12.8. The van der Waals surface area contributed by atoms with Gasteiger partial charge in [0, 0.05) is 20.1 Å². The molecule has 17 heavy (non-hydrogen) atoms. The number of likely N-dealkylation sites (N-methyl/N-ethyl adjacent to an activating group) is 1. The molecular weight excluding hydrogens is 216 g/mol. The van der Waals surface area contributed by atoms with Gasteiger partial charge in [0.25, 0.3) is 0 Å². The van der Waals surface area contributed by atoms with Gasteiger partial charge in [0.15, 0.2) is 0 Å². The quantitative estimate of drug-likeness (QED) is 0.720. The van der Waals surface area contributed by atoms with Crippen LogP contribution in [0.1, 0.15) is 44.9 Å². The maximum Gasteiger partial charge on any atom is 0.239 e. The van der Waals surface area contributed by atoms with E-state index in [2.05, 4.69) is 5.32 Å². The number of nitrogens with one attached hydrogen (secondary N) is 1. The van der Waals surface area contributed by atoms with Crippen molar-refractivity contribution in [1.29, 1.82) is 0 Å². The second kappa shape index (κ2) is 5.36. The van der Waals surface area contributed by atoms with Gasteiger partial charge in [0.1, 0.15) is 0 Å². The fraction of sp³-hybridized carbons (Fsp3) is 0.923. The number of hydrogen-bond donors (Lipinski definition) is 2. The fourth-order valence-corrected chi connectivity index (χ4v) is 2.89. The summed E-state index contributed by atoms with van der Waals surface area (Å²) >= 11 is 0. The van der Waals surface area contributed by atoms with Crippen molar-refractivity contribution in [2.24, 2.45) is 0 Å². The van der Waals surface area contributed by atoms with Gasteiger partial charge >= 0.3 is 0 Å². The predicted octanol–water partition coefficient (Wildman–Crippen LogP) is 0.892. The zero-order valence-corrected chi connectivity index (χ0v) is 10.7. The van der Waals surface area contributed by atoms with E-state index in [4.69, 9.17) is 0 Å². The summed E-state index contributed by atoms with van der Waals surface area (Å²) in [5.74, 6) is 0.169. The minimum Gasteiger partial charge on any atom is -0.389 e. The van der Waals surface area contributed by atoms with E-state index in [-0.39, 0.29) is 11.9 Å². The molecule has 0 radical (unpaired) electrons. The van der Waals surface area contributed by atoms with Crippen LogP contribution < -0.4 is 5.32 Å². The summed E-state index contributed by atoms with van der Waals surface area (Å²) in [6.07, 6.45) is 7.28. The molecule has 1 saturated heterocycles. The van der Waals surface area contributed by atoms with Crippen LogP contribution >= 0.6 is 0 Å². The standard InChI is InChI=1S/C13H24N2O2/c1-15-9-6-11(12(15)16)14-10-13(17)7-4-2-3-5-8-13/h11,14,17H,2-10H2,1H3. The van der Waals surface area contributed by atoms with Crippen LogP contribution in [0.25, 0.3) is 0 Å². The van der Waals surface area contributed by atoms with E-state index in [1.807, 2.05) is 7.05 Å². The van der Waals surface area contributed by atoms with Crippen molar-refractivity contribution in [2.45, 2.75) is 56.6 Å². The Bertz CT molecular complexity index is 273. The summed E-state index contributed by atoms with van der Waals surface area (Å²) in [6, 6.07) is -0.0766. The molecule has 1 heterocycles. The highest BCUT2D eigenvalue weighted by Crippen LogP contribution is 2.26. The molecule has 1 saturated carbocycles. The molecule has 1 amide bonds. The largest absolute Gasteiger partial charge is 0.389 e. The Kier molecular flexibility index (Phi) is 4.05. The van der Waals surface area contributed by atoms with Crippen LogP contribution in [0.3, 0.4) is 0 Å². The first-order chi connectivity index (χ1) is 8.11. The number of amides is 1. The smallest absolute Gasteiger partial charge is 0.239 e. The molecular formula is C13H24N2O2. The molecule has 0 aromatic carbocycles. The maximum atomic E-state index is 11.7. The number of likely N-dealkylation sites (tertiary alicyclic amines) is 1. The molecule has 2 aliphatic rings. The minimum absolute atomic E-state index is 0.0766. The average Bonchev–Trinajstić information content (AvgIpc) is 2.53. The molecule has 4 nitrogen and oxygen atoms in total. The van der Waals surface area contributed by atoms with Crippen molar-refractivity contribution >= 4 is 5.91 Å². The van der Waals surface area contributed by atoms with Crippen molar-refractivity contribution in [3.8, 4) is 0 Å². The molecule has 0 spiro atoms. The fourth-order valence-electron chi connectivity index (χ4n) is 2.89. The monoisotopic (exact) mass is 240 g/mol. The lowest BCUT2D eigenvalue weighted by Gasteiger charge is -2.28. The molecule has 0 bridgehead atoms. The Balaban J connectivity index is 1.82. The molecule has 2 rings (SSSR count). The van der Waals surface area contributed by atoms with E-state index in [1.54, 1.807) is 4.90 Å². The summed E-state index contributed by atoms with van der Waals surface area (Å²) in [7, 11) is 1.84. The lowest BCUT2D eigenvalue weighted by Crippen LogP contribution is -2.46. The maximum absolute atomic E-state index is 11.7. The van der Waals surface area contributed by atoms with Crippen molar-refractivity contribution in [1.82, 2.24) is 10.2 Å². The summed E-state index contributed by atoms with van der Waals surface area (Å²) in [4.78, 5) is 13.5. The second-order valence-corrected chi connectivity index (χ2v) is 5.62. The predicted molar refractivity (Wildman–Crippen MR) is 66.7 cm³/mol. The van der Waals surface area contributed by atoms with Gasteiger partial charge in [-0.2, -0.15) is 0 Å². The molecule has 2 N–H and O–H groups in total. The number of rotatable bonds is 3. The van der Waals surface area contributed by atoms with Gasteiger partial charge in [-0.15, -0.1) is 0 Å². The average molecular weight is 240 g/mol. The topological polar surface area (TPSA) is 52.6 Å². The van der Waals surface area contributed by atoms with Crippen LogP contribution in [0.5, 0.6) is 0 Å². The molecule has 2 fully saturated rings. The highest BCUT2D eigenvalue weighted by atomic mass is 16.3. The van der Waals surface area contributed by atoms with Gasteiger partial charge in [-0.05, 0) is 19.3 Å². The zero-order valence-electron chi connectivity index (χ0n) is 10.7. The third-order valence-electron chi connectivity index (χ3n) is 4.14. The van der Waals surface area contributed by atoms with Crippen molar-refractivity contribution < 1.29 is 9.90 Å². The van der Waals surface area contributed by atoms with E-state index < -0.39 is 5.60 Å². The van der Waals surface area contributed by atoms with Crippen molar-refractivity contribution in [3.05, 3.63) is 0 Å². The van der Waals surface area contributed by atoms with Crippen LogP contribution in [-0.2, 0) is 4.79 Å². The van der Waals surface area contributed by atoms with Crippen LogP contribution in [0.2, 0.25) is 0 Å². The highest BCUT2D eigenvalue weighted by Gasteiger charge is 2.33. The van der Waals surface area contributed by atoms with Gasteiger partial charge < -0.3 is 15.3 Å². The summed E-state index contributed by atoms with van der Waals surface area (Å²) in [5.41, 5.74) is -0.585. The molecule has 1 aliphatic carbocycles. The summed E-state index contributed by atoms with van der Waals surface area (Å²) in [6.45, 7) is 1.40. The molecule has 1 aliphatic heterocycles. The first-order valence-electron chi connectivity index (χ1n) is 6.81. The SMILES string of the molecule is CN1CCC(NCC2(O)CCCCCC2)C1=O. The van der Waals surface area contributed by atoms with Crippen LogP contribution in [-0.4, -0.2) is 47.7 Å². The Morgan fingerprint density at radius 3 is 2.53 bits per heavy atom. The Morgan fingerprint density at radius 1 is 1.35 bits per heavy atom. The zero-order chi connectivity index (χ0) is 12.3. The molecule has 0 aromatic heterocycles. The first-order valence-corrected chi connectivity index (χ1v) is 6.81. The lowest BCUT2D eigenvalue weighted by atomic mass is 9.94. The van der Waals surface area contributed by atoms with Gasteiger partial charge in [-0.25, -0.2) is 0 Å². The van der Waals surface area contributed by atoms with E-state index in [9.17, 15) is 9.90 Å². The van der Waals surface area contributed by atoms with E-state index in [1.165, 1.54) is 12.8 Å². The molecule has 98 valence electrons. The van der Waals surface area contributed by atoms with Crippen LogP contribution in [0.15, 0.2) is 0 Å². The normalized spacial score (nSPS) is 29.4. The van der Waals surface area contributed by atoms with Gasteiger partial charge in [0.2, 0.25) is 5.91 Å². The van der Waals surface area contributed by atoms with Crippen molar-refractivity contribution in [3.63, 3.8) is 0 Å². The third kappa shape index (κ3) is 3.19. The highest BCUT2D eigenvalue weighted by molar-refractivity contribution is 5.83. The number of carbonyl (C=O) groups excluding carboxylic acids is 1. The van der Waals surface area contributed by atoms with E-state index >= 15 is 0 Å². The molecule has 1 unspecified atom stereocenters. The van der Waals surface area contributed by atoms with Gasteiger partial charge in [0.05, 0.1) is 11.6 Å². The lowest BCUT2D eigenvalue weighted by molar-refractivity contribution is -0.128. The van der Waals surface area contributed by atoms with Crippen LogP contribution in [0.4, 0.5) is 0 Å². The Hall–Kier alpha value is -0.610. The van der Waals surface area contributed by atoms with E-state index in [0.29, 0.717) is 6.54 Å². The minimum atomic E-state index is -0.585. The van der Waals surface area contributed by atoms with E-state index in [0.717, 1.165) is 38.6 Å². The van der Waals surface area contributed by atoms with Gasteiger partial charge in [-0.3, -0.25) is 4.79 Å². The molecule has 1 atom stereocenters. The number of hydrogen-bond acceptors (Lipinski definition) is 3. The van der Waals surface area contributed by atoms with Crippen LogP contribution in [0, 0.1) is 0 Å². The molecule has 4 heteroatoms. The van der Waals surface area contributed by atoms with Gasteiger partial charge in [-0.1, -0.05) is 25.7 Å². The van der Waals surface area contributed by atoms with Crippen molar-refractivity contribution in [2.75, 3.05) is 20.1 Å². The third-order valence-corrected chi connectivity index (χ3v) is 4.14.